The molecule has 13 nitrogen and oxygen atoms in total. The summed E-state index contributed by atoms with van der Waals surface area (Å²) in [6, 6.07) is 11.2. The summed E-state index contributed by atoms with van der Waals surface area (Å²) in [6.45, 7) is 11.0. The number of hydrogen-bond donors (Lipinski definition) is 1. The van der Waals surface area contributed by atoms with Crippen LogP contribution in [0.1, 0.15) is 126 Å². The topological polar surface area (TPSA) is 178 Å². The van der Waals surface area contributed by atoms with Crippen molar-refractivity contribution in [1.29, 1.82) is 0 Å². The standard InChI is InChI=1S/C28H33F3N2O4.C27H31F3N2O4.Li.H2O/c1-4-5-6-7-8-11-18(2)25(34)33-17-27(16-22(33)26(35)36-3)15-14-20-19-12-9-10-13-21(19)32-24(23(20)37-27)28(29,30)31;1-3-4-5-6-7-10-17(2)24(33)32-16-26(15-21(32)25(34)35)14-13-19-18-11-8-9-12-20(18)31-23(22(19)36-26)27(28,29)30;;/h4,9-10,12-13,18,22H,1,5-8,11,14-17H2,2-3H3;3,8-9,11-12,17,21H,1,4-7,10,13-16H2,2H3,(H,34,35);;1H2/q;;+1;/p-1/t18-,22-,27+;17-,21-,26+;;/m00../s1. The van der Waals surface area contributed by atoms with E-state index >= 15 is 0 Å². The van der Waals surface area contributed by atoms with E-state index in [2.05, 4.69) is 23.1 Å². The van der Waals surface area contributed by atoms with Gasteiger partial charge in [-0.3, -0.25) is 9.59 Å². The largest absolute Gasteiger partial charge is 1.00 e. The molecule has 8 rings (SSSR count). The Kier molecular flexibility index (Phi) is 20.1. The van der Waals surface area contributed by atoms with Crippen molar-refractivity contribution in [2.75, 3.05) is 20.2 Å². The van der Waals surface area contributed by atoms with Crippen molar-refractivity contribution in [3.05, 3.63) is 96.4 Å². The van der Waals surface area contributed by atoms with E-state index in [0.717, 1.165) is 51.4 Å². The number of aliphatic carboxylic acids is 1. The van der Waals surface area contributed by atoms with Gasteiger partial charge in [0.15, 0.2) is 22.9 Å². The number of allylic oxidation sites excluding steroid dienone is 2. The average Bonchev–Trinajstić information content (AvgIpc) is 3.92. The predicted molar refractivity (Wildman–Crippen MR) is 264 cm³/mol. The van der Waals surface area contributed by atoms with Gasteiger partial charge in [0.05, 0.1) is 31.2 Å². The number of ether oxygens (including phenoxy) is 3. The molecule has 4 aliphatic heterocycles. The average molecular weight is 1050 g/mol. The minimum atomic E-state index is -4.74. The van der Waals surface area contributed by atoms with E-state index in [1.807, 2.05) is 19.1 Å². The van der Waals surface area contributed by atoms with Crippen molar-refractivity contribution < 1.29 is 89.2 Å². The van der Waals surface area contributed by atoms with Crippen LogP contribution in [0.5, 0.6) is 11.5 Å². The van der Waals surface area contributed by atoms with Crippen LogP contribution in [0.15, 0.2) is 73.8 Å². The first-order valence-electron chi connectivity index (χ1n) is 25.2. The molecule has 2 amide bonds. The number of halogens is 6. The number of aromatic nitrogens is 2. The van der Waals surface area contributed by atoms with Gasteiger partial charge in [-0.2, -0.15) is 26.3 Å². The summed E-state index contributed by atoms with van der Waals surface area (Å²) in [5, 5.41) is 11.1. The van der Waals surface area contributed by atoms with Crippen LogP contribution in [-0.2, 0) is 49.1 Å². The number of hydrogen-bond acceptors (Lipinski definition) is 10. The smallest absolute Gasteiger partial charge is 0.870 e. The first-order chi connectivity index (χ1) is 34.7. The second kappa shape index (κ2) is 25.0. The van der Waals surface area contributed by atoms with Gasteiger partial charge in [-0.05, 0) is 76.3 Å². The van der Waals surface area contributed by atoms with Crippen LogP contribution in [0.3, 0.4) is 0 Å². The quantitative estimate of drug-likeness (QED) is 0.0374. The Morgan fingerprint density at radius 2 is 1.11 bits per heavy atom. The number of likely N-dealkylation sites (tertiary alicyclic amines) is 2. The molecule has 75 heavy (non-hydrogen) atoms. The van der Waals surface area contributed by atoms with E-state index < -0.39 is 64.9 Å². The third-order valence-corrected chi connectivity index (χ3v) is 14.8. The van der Waals surface area contributed by atoms with Crippen LogP contribution in [0.25, 0.3) is 21.8 Å². The molecule has 402 valence electrons. The third-order valence-electron chi connectivity index (χ3n) is 14.8. The summed E-state index contributed by atoms with van der Waals surface area (Å²) in [5.41, 5.74) is -3.16. The molecule has 2 aromatic heterocycles. The van der Waals surface area contributed by atoms with Crippen LogP contribution in [-0.4, -0.2) is 97.6 Å². The molecule has 2 fully saturated rings. The number of pyridine rings is 2. The van der Waals surface area contributed by atoms with Gasteiger partial charge < -0.3 is 34.6 Å². The maximum atomic E-state index is 14.1. The molecule has 0 aliphatic carbocycles. The molecule has 0 unspecified atom stereocenters. The molecule has 4 aromatic rings. The van der Waals surface area contributed by atoms with Gasteiger partial charge in [-0.15, -0.1) is 13.2 Å². The number of carboxylic acid groups (broad SMARTS) is 1. The van der Waals surface area contributed by atoms with E-state index in [1.165, 1.54) is 23.0 Å². The second-order valence-corrected chi connectivity index (χ2v) is 20.0. The first-order valence-corrected chi connectivity index (χ1v) is 25.2. The summed E-state index contributed by atoms with van der Waals surface area (Å²) in [7, 11) is 1.24. The van der Waals surface area contributed by atoms with E-state index in [4.69, 9.17) is 14.2 Å². The molecular weight excluding hydrogens is 982 g/mol. The molecule has 20 heteroatoms. The van der Waals surface area contributed by atoms with Crippen LogP contribution >= 0.6 is 0 Å². The van der Waals surface area contributed by atoms with Gasteiger partial charge in [-0.25, -0.2) is 19.6 Å². The van der Waals surface area contributed by atoms with Crippen molar-refractivity contribution >= 4 is 45.6 Å². The Labute approximate surface area is 444 Å². The number of nitrogens with zero attached hydrogens (tertiary/aromatic N) is 4. The molecule has 2 aromatic carbocycles. The van der Waals surface area contributed by atoms with Crippen molar-refractivity contribution in [3.8, 4) is 11.5 Å². The molecular formula is C55H65F6LiN4O9. The second-order valence-electron chi connectivity index (χ2n) is 20.0. The summed E-state index contributed by atoms with van der Waals surface area (Å²) >= 11 is 0. The Balaban J connectivity index is 0.000000270. The number of fused-ring (bicyclic) bond motifs is 6. The number of alkyl halides is 6. The van der Waals surface area contributed by atoms with E-state index in [9.17, 15) is 50.6 Å². The van der Waals surface area contributed by atoms with Gasteiger partial charge in [0.1, 0.15) is 23.3 Å². The number of aryl methyl sites for hydroxylation is 2. The Hall–Kier alpha value is -5.64. The zero-order valence-corrected chi connectivity index (χ0v) is 43.0. The van der Waals surface area contributed by atoms with Crippen molar-refractivity contribution in [1.82, 2.24) is 19.8 Å². The SMILES string of the molecule is C=CCCCCC[C@H](C)C(=O)N1C[C@@]2(CCc3c(c(C(F)(F)F)nc4ccccc34)O2)C[C@H]1C(=O)O.C=CCCCCC[C@H](C)C(=O)N1C[C@@]2(CCc3c(c(C(F)(F)F)nc4ccccc34)O2)C[C@H]1C(=O)OC.[Li+].[OH-]. The summed E-state index contributed by atoms with van der Waals surface area (Å²) in [6.07, 6.45) is 4.20. The molecule has 0 bridgehead atoms. The number of benzene rings is 2. The zero-order valence-electron chi connectivity index (χ0n) is 43.0. The van der Waals surface area contributed by atoms with E-state index in [0.29, 0.717) is 54.0 Å². The Bertz CT molecular complexity index is 2720. The zero-order chi connectivity index (χ0) is 52.9. The number of methoxy groups -OCH3 is 1. The predicted octanol–water partition coefficient (Wildman–Crippen LogP) is 8.47. The summed E-state index contributed by atoms with van der Waals surface area (Å²) in [5.74, 6) is -3.66. The van der Waals surface area contributed by atoms with Gasteiger partial charge in [-0.1, -0.05) is 88.1 Å². The van der Waals surface area contributed by atoms with Crippen molar-refractivity contribution in [2.24, 2.45) is 11.8 Å². The van der Waals surface area contributed by atoms with Crippen LogP contribution < -0.4 is 28.3 Å². The molecule has 4 aliphatic rings. The number of para-hydroxylation sites is 2. The first kappa shape index (κ1) is 60.2. The molecule has 6 atom stereocenters. The fourth-order valence-corrected chi connectivity index (χ4v) is 10.9. The number of carboxylic acids is 1. The van der Waals surface area contributed by atoms with Crippen molar-refractivity contribution in [2.45, 2.75) is 152 Å². The number of carbonyl (C=O) groups excluding carboxylic acids is 3. The molecule has 0 saturated carbocycles. The third kappa shape index (κ3) is 13.3. The normalized spacial score (nSPS) is 21.6. The molecule has 2 saturated heterocycles. The van der Waals surface area contributed by atoms with Crippen LogP contribution in [0.2, 0.25) is 0 Å². The number of rotatable bonds is 16. The molecule has 6 heterocycles. The van der Waals surface area contributed by atoms with Crippen molar-refractivity contribution in [3.63, 3.8) is 0 Å². The van der Waals surface area contributed by atoms with Gasteiger partial charge in [0.2, 0.25) is 11.8 Å². The van der Waals surface area contributed by atoms with E-state index in [1.54, 1.807) is 49.4 Å². The van der Waals surface area contributed by atoms with E-state index in [-0.39, 0.29) is 97.0 Å². The molecule has 2 N–H and O–H groups in total. The van der Waals surface area contributed by atoms with Crippen LogP contribution in [0, 0.1) is 11.8 Å². The van der Waals surface area contributed by atoms with Gasteiger partial charge >= 0.3 is 43.2 Å². The Morgan fingerprint density at radius 3 is 1.49 bits per heavy atom. The maximum Gasteiger partial charge on any atom is 1.00 e. The fraction of sp³-hybridized carbons (Fsp3) is 0.527. The molecule has 0 radical (unpaired) electrons. The van der Waals surface area contributed by atoms with Gasteiger partial charge in [0.25, 0.3) is 0 Å². The minimum Gasteiger partial charge on any atom is -0.870 e. The van der Waals surface area contributed by atoms with Crippen LogP contribution in [0.4, 0.5) is 26.3 Å². The van der Waals surface area contributed by atoms with Gasteiger partial charge in [0, 0.05) is 46.6 Å². The number of esters is 1. The number of carbonyl (C=O) groups is 4. The number of unbranched alkanes of at least 4 members (excludes halogenated alkanes) is 6. The Morgan fingerprint density at radius 1 is 0.707 bits per heavy atom. The monoisotopic (exact) mass is 1050 g/mol. The maximum absolute atomic E-state index is 14.1. The molecule has 2 spiro atoms. The summed E-state index contributed by atoms with van der Waals surface area (Å²) < 4.78 is 101. The fourth-order valence-electron chi connectivity index (χ4n) is 10.9. The minimum absolute atomic E-state index is 0. The number of amides is 2. The summed E-state index contributed by atoms with van der Waals surface area (Å²) in [4.78, 5) is 61.9.